The fraction of sp³-hybridized carbons (Fsp3) is 0.444. The molecule has 0 saturated carbocycles. The van der Waals surface area contributed by atoms with Crippen molar-refractivity contribution in [2.75, 3.05) is 19.6 Å². The number of hydrogen-bond acceptors (Lipinski definition) is 3. The average molecular weight is 316 g/mol. The van der Waals surface area contributed by atoms with E-state index in [-0.39, 0.29) is 17.6 Å². The van der Waals surface area contributed by atoms with Gasteiger partial charge in [-0.1, -0.05) is 19.1 Å². The van der Waals surface area contributed by atoms with Gasteiger partial charge in [0.25, 0.3) is 11.8 Å². The number of nitrogens with zero attached hydrogens (tertiary/aromatic N) is 2. The number of halogens is 1. The topological polar surface area (TPSA) is 40.6 Å². The molecule has 1 aromatic carbocycles. The molecule has 0 atom stereocenters. The fourth-order valence-corrected chi connectivity index (χ4v) is 3.28. The Morgan fingerprint density at radius 2 is 1.65 bits per heavy atom. The molecule has 0 N–H and O–H groups in total. The van der Waals surface area contributed by atoms with Crippen molar-refractivity contribution in [1.82, 2.24) is 9.80 Å². The molecule has 0 aromatic heterocycles. The third-order valence-electron chi connectivity index (χ3n) is 4.40. The van der Waals surface area contributed by atoms with E-state index in [9.17, 15) is 14.0 Å². The van der Waals surface area contributed by atoms with E-state index < -0.39 is 0 Å². The zero-order chi connectivity index (χ0) is 16.4. The summed E-state index contributed by atoms with van der Waals surface area (Å²) in [5.74, 6) is -0.821. The zero-order valence-electron chi connectivity index (χ0n) is 13.3. The van der Waals surface area contributed by atoms with Gasteiger partial charge in [-0.15, -0.1) is 0 Å². The van der Waals surface area contributed by atoms with Crippen LogP contribution in [0.2, 0.25) is 0 Å². The highest BCUT2D eigenvalue weighted by atomic mass is 19.1. The summed E-state index contributed by atoms with van der Waals surface area (Å²) in [7, 11) is 0. The lowest BCUT2D eigenvalue weighted by molar-refractivity contribution is -0.137. The monoisotopic (exact) mass is 316 g/mol. The van der Waals surface area contributed by atoms with Gasteiger partial charge in [0, 0.05) is 19.6 Å². The normalized spacial score (nSPS) is 19.0. The third-order valence-corrected chi connectivity index (χ3v) is 4.40. The number of likely N-dealkylation sites (tertiary alicyclic amines) is 1. The standard InChI is InChI=1S/C18H21FN2O2/c1-2-10-21-17(22)15(13-6-8-14(19)9-7-13)16(18(21)23)20-11-4-3-5-12-20/h6-9H,2-5,10-12H2,1H3. The second-order valence-corrected chi connectivity index (χ2v) is 6.04. The number of piperidine rings is 1. The number of hydrogen-bond donors (Lipinski definition) is 0. The van der Waals surface area contributed by atoms with E-state index in [4.69, 9.17) is 0 Å². The summed E-state index contributed by atoms with van der Waals surface area (Å²) in [4.78, 5) is 28.9. The van der Waals surface area contributed by atoms with Crippen molar-refractivity contribution >= 4 is 17.4 Å². The van der Waals surface area contributed by atoms with Crippen molar-refractivity contribution in [3.05, 3.63) is 41.3 Å². The van der Waals surface area contributed by atoms with Crippen molar-refractivity contribution in [2.45, 2.75) is 32.6 Å². The van der Waals surface area contributed by atoms with Gasteiger partial charge in [0.2, 0.25) is 0 Å². The number of rotatable bonds is 4. The van der Waals surface area contributed by atoms with Crippen molar-refractivity contribution < 1.29 is 14.0 Å². The lowest BCUT2D eigenvalue weighted by Crippen LogP contribution is -2.37. The molecule has 3 rings (SSSR count). The van der Waals surface area contributed by atoms with E-state index in [0.29, 0.717) is 23.4 Å². The summed E-state index contributed by atoms with van der Waals surface area (Å²) in [6.07, 6.45) is 3.92. The quantitative estimate of drug-likeness (QED) is 0.802. The summed E-state index contributed by atoms with van der Waals surface area (Å²) >= 11 is 0. The number of amides is 2. The van der Waals surface area contributed by atoms with E-state index >= 15 is 0 Å². The number of imide groups is 1. The first-order chi connectivity index (χ1) is 11.1. The third kappa shape index (κ3) is 2.87. The van der Waals surface area contributed by atoms with Crippen LogP contribution >= 0.6 is 0 Å². The molecule has 2 aliphatic rings. The van der Waals surface area contributed by atoms with Crippen LogP contribution in [0.15, 0.2) is 30.0 Å². The molecule has 0 unspecified atom stereocenters. The summed E-state index contributed by atoms with van der Waals surface area (Å²) in [5, 5.41) is 0. The molecule has 0 spiro atoms. The molecule has 5 heteroatoms. The van der Waals surface area contributed by atoms with Crippen molar-refractivity contribution in [1.29, 1.82) is 0 Å². The fourth-order valence-electron chi connectivity index (χ4n) is 3.28. The van der Waals surface area contributed by atoms with Crippen LogP contribution in [-0.2, 0) is 9.59 Å². The summed E-state index contributed by atoms with van der Waals surface area (Å²) in [6, 6.07) is 5.82. The highest BCUT2D eigenvalue weighted by molar-refractivity contribution is 6.35. The predicted molar refractivity (Wildman–Crippen MR) is 85.8 cm³/mol. The van der Waals surface area contributed by atoms with Crippen molar-refractivity contribution in [3.8, 4) is 0 Å². The maximum Gasteiger partial charge on any atom is 0.277 e. The Morgan fingerprint density at radius 3 is 2.26 bits per heavy atom. The van der Waals surface area contributed by atoms with Gasteiger partial charge in [-0.2, -0.15) is 0 Å². The van der Waals surface area contributed by atoms with Crippen LogP contribution in [0.1, 0.15) is 38.2 Å². The van der Waals surface area contributed by atoms with E-state index in [1.165, 1.54) is 17.0 Å². The van der Waals surface area contributed by atoms with Gasteiger partial charge in [-0.05, 0) is 43.4 Å². The summed E-state index contributed by atoms with van der Waals surface area (Å²) in [6.45, 7) is 3.94. The Bertz CT molecular complexity index is 645. The Balaban J connectivity index is 2.06. The predicted octanol–water partition coefficient (Wildman–Crippen LogP) is 2.80. The first kappa shape index (κ1) is 15.7. The van der Waals surface area contributed by atoms with Crippen LogP contribution in [0.5, 0.6) is 0 Å². The van der Waals surface area contributed by atoms with Crippen LogP contribution in [-0.4, -0.2) is 41.2 Å². The molecule has 1 saturated heterocycles. The molecular weight excluding hydrogens is 295 g/mol. The van der Waals surface area contributed by atoms with Crippen LogP contribution in [0.4, 0.5) is 4.39 Å². The van der Waals surface area contributed by atoms with Gasteiger partial charge in [0.05, 0.1) is 5.57 Å². The molecule has 2 heterocycles. The Kier molecular flexibility index (Phi) is 4.46. The molecule has 1 fully saturated rings. The maximum absolute atomic E-state index is 13.2. The first-order valence-corrected chi connectivity index (χ1v) is 8.25. The minimum absolute atomic E-state index is 0.210. The van der Waals surface area contributed by atoms with Crippen LogP contribution in [0.3, 0.4) is 0 Å². The van der Waals surface area contributed by atoms with Crippen LogP contribution in [0, 0.1) is 5.82 Å². The van der Waals surface area contributed by atoms with E-state index in [2.05, 4.69) is 0 Å². The number of carbonyl (C=O) groups is 2. The molecule has 2 amide bonds. The largest absolute Gasteiger partial charge is 0.366 e. The van der Waals surface area contributed by atoms with Crippen molar-refractivity contribution in [3.63, 3.8) is 0 Å². The lowest BCUT2D eigenvalue weighted by atomic mass is 10.0. The molecule has 0 bridgehead atoms. The minimum atomic E-state index is -0.351. The molecular formula is C18H21FN2O2. The van der Waals surface area contributed by atoms with Gasteiger partial charge in [-0.3, -0.25) is 14.5 Å². The Morgan fingerprint density at radius 1 is 1.00 bits per heavy atom. The highest BCUT2D eigenvalue weighted by Crippen LogP contribution is 2.33. The van der Waals surface area contributed by atoms with E-state index in [1.54, 1.807) is 12.1 Å². The van der Waals surface area contributed by atoms with Gasteiger partial charge >= 0.3 is 0 Å². The van der Waals surface area contributed by atoms with Crippen LogP contribution in [0.25, 0.3) is 5.57 Å². The second kappa shape index (κ2) is 6.52. The van der Waals surface area contributed by atoms with Crippen molar-refractivity contribution in [2.24, 2.45) is 0 Å². The molecule has 0 radical (unpaired) electrons. The van der Waals surface area contributed by atoms with E-state index in [1.807, 2.05) is 11.8 Å². The second-order valence-electron chi connectivity index (χ2n) is 6.04. The molecule has 0 aliphatic carbocycles. The summed E-state index contributed by atoms with van der Waals surface area (Å²) in [5.41, 5.74) is 1.53. The zero-order valence-corrected chi connectivity index (χ0v) is 13.3. The Labute approximate surface area is 135 Å². The van der Waals surface area contributed by atoms with Gasteiger partial charge in [-0.25, -0.2) is 4.39 Å². The van der Waals surface area contributed by atoms with E-state index in [0.717, 1.165) is 38.8 Å². The number of benzene rings is 1. The SMILES string of the molecule is CCCN1C(=O)C(c2ccc(F)cc2)=C(N2CCCCC2)C1=O. The minimum Gasteiger partial charge on any atom is -0.366 e. The molecule has 4 nitrogen and oxygen atoms in total. The first-order valence-electron chi connectivity index (χ1n) is 8.25. The number of carbonyl (C=O) groups excluding carboxylic acids is 2. The highest BCUT2D eigenvalue weighted by Gasteiger charge is 2.41. The molecule has 1 aromatic rings. The molecule has 122 valence electrons. The molecule has 23 heavy (non-hydrogen) atoms. The molecule has 2 aliphatic heterocycles. The maximum atomic E-state index is 13.2. The van der Waals surface area contributed by atoms with Gasteiger partial charge in [0.15, 0.2) is 0 Å². The smallest absolute Gasteiger partial charge is 0.277 e. The average Bonchev–Trinajstić information content (AvgIpc) is 2.81. The summed E-state index contributed by atoms with van der Waals surface area (Å²) < 4.78 is 13.2. The Hall–Kier alpha value is -2.17. The lowest BCUT2D eigenvalue weighted by Gasteiger charge is -2.29. The van der Waals surface area contributed by atoms with Gasteiger partial charge < -0.3 is 4.90 Å². The van der Waals surface area contributed by atoms with Gasteiger partial charge in [0.1, 0.15) is 11.5 Å². The van der Waals surface area contributed by atoms with Crippen LogP contribution < -0.4 is 0 Å².